The van der Waals surface area contributed by atoms with Crippen LogP contribution in [0.25, 0.3) is 0 Å². The van der Waals surface area contributed by atoms with Crippen LogP contribution in [0.1, 0.15) is 20.9 Å². The number of hydrogen-bond donors (Lipinski definition) is 2. The van der Waals surface area contributed by atoms with Gasteiger partial charge in [-0.1, -0.05) is 41.7 Å². The van der Waals surface area contributed by atoms with Crippen LogP contribution in [0.15, 0.2) is 30.3 Å². The van der Waals surface area contributed by atoms with E-state index in [0.717, 1.165) is 23.2 Å². The van der Waals surface area contributed by atoms with E-state index < -0.39 is 10.0 Å². The number of thiazole rings is 1. The van der Waals surface area contributed by atoms with Gasteiger partial charge in [-0.05, 0) is 12.5 Å². The SMILES string of the molecule is Cc1nc(NS(C)(=O)=O)sc1C(=O)NCc1ccccc1. The summed E-state index contributed by atoms with van der Waals surface area (Å²) < 4.78 is 24.6. The second kappa shape index (κ2) is 6.23. The number of aromatic nitrogens is 1. The average molecular weight is 325 g/mol. The molecule has 1 heterocycles. The van der Waals surface area contributed by atoms with Crippen molar-refractivity contribution in [1.82, 2.24) is 10.3 Å². The number of anilines is 1. The van der Waals surface area contributed by atoms with Crippen LogP contribution in [-0.2, 0) is 16.6 Å². The van der Waals surface area contributed by atoms with Crippen LogP contribution in [0.4, 0.5) is 5.13 Å². The van der Waals surface area contributed by atoms with Gasteiger partial charge in [0.1, 0.15) is 4.88 Å². The number of carbonyl (C=O) groups excluding carboxylic acids is 1. The topological polar surface area (TPSA) is 88.2 Å². The van der Waals surface area contributed by atoms with Gasteiger partial charge in [0.05, 0.1) is 11.9 Å². The molecule has 0 aliphatic heterocycles. The van der Waals surface area contributed by atoms with Gasteiger partial charge in [-0.15, -0.1) is 0 Å². The number of sulfonamides is 1. The standard InChI is InChI=1S/C13H15N3O3S2/c1-9-11(20-13(15-9)16-21(2,18)19)12(17)14-8-10-6-4-3-5-7-10/h3-7H,8H2,1-2H3,(H,14,17)(H,15,16). The number of nitrogens with zero attached hydrogens (tertiary/aromatic N) is 1. The molecule has 2 N–H and O–H groups in total. The summed E-state index contributed by atoms with van der Waals surface area (Å²) in [6.07, 6.45) is 1.04. The molecule has 2 rings (SSSR count). The van der Waals surface area contributed by atoms with Gasteiger partial charge in [0.15, 0.2) is 5.13 Å². The van der Waals surface area contributed by atoms with Crippen LogP contribution in [0.5, 0.6) is 0 Å². The predicted octanol–water partition coefficient (Wildman–Crippen LogP) is 1.75. The summed E-state index contributed by atoms with van der Waals surface area (Å²) >= 11 is 1.02. The van der Waals surface area contributed by atoms with E-state index in [4.69, 9.17) is 0 Å². The fraction of sp³-hybridized carbons (Fsp3) is 0.231. The van der Waals surface area contributed by atoms with Crippen molar-refractivity contribution in [1.29, 1.82) is 0 Å². The predicted molar refractivity (Wildman–Crippen MR) is 82.9 cm³/mol. The molecule has 0 saturated carbocycles. The Morgan fingerprint density at radius 2 is 1.95 bits per heavy atom. The minimum absolute atomic E-state index is 0.194. The molecule has 0 bridgehead atoms. The maximum Gasteiger partial charge on any atom is 0.263 e. The number of hydrogen-bond acceptors (Lipinski definition) is 5. The molecule has 0 saturated heterocycles. The van der Waals surface area contributed by atoms with Crippen molar-refractivity contribution in [3.63, 3.8) is 0 Å². The van der Waals surface area contributed by atoms with Crippen molar-refractivity contribution in [2.45, 2.75) is 13.5 Å². The summed E-state index contributed by atoms with van der Waals surface area (Å²) in [6.45, 7) is 2.08. The summed E-state index contributed by atoms with van der Waals surface area (Å²) in [5.74, 6) is -0.268. The van der Waals surface area contributed by atoms with Gasteiger partial charge < -0.3 is 5.32 Å². The van der Waals surface area contributed by atoms with E-state index in [1.54, 1.807) is 6.92 Å². The highest BCUT2D eigenvalue weighted by Gasteiger charge is 2.16. The molecule has 112 valence electrons. The lowest BCUT2D eigenvalue weighted by Crippen LogP contribution is -2.22. The first-order valence-electron chi connectivity index (χ1n) is 6.12. The van der Waals surface area contributed by atoms with Crippen LogP contribution in [0, 0.1) is 6.92 Å². The number of rotatable bonds is 5. The molecule has 0 aliphatic carbocycles. The normalized spacial score (nSPS) is 11.1. The van der Waals surface area contributed by atoms with Gasteiger partial charge in [-0.2, -0.15) is 0 Å². The minimum Gasteiger partial charge on any atom is -0.347 e. The fourth-order valence-electron chi connectivity index (χ4n) is 1.67. The van der Waals surface area contributed by atoms with Crippen molar-refractivity contribution in [3.05, 3.63) is 46.5 Å². The molecule has 1 aromatic carbocycles. The minimum atomic E-state index is -3.40. The molecular formula is C13H15N3O3S2. The van der Waals surface area contributed by atoms with E-state index in [-0.39, 0.29) is 11.0 Å². The Kier molecular flexibility index (Phi) is 4.59. The summed E-state index contributed by atoms with van der Waals surface area (Å²) in [7, 11) is -3.40. The van der Waals surface area contributed by atoms with Crippen molar-refractivity contribution in [2.75, 3.05) is 11.0 Å². The zero-order valence-corrected chi connectivity index (χ0v) is 13.2. The first kappa shape index (κ1) is 15.5. The molecule has 21 heavy (non-hydrogen) atoms. The zero-order chi connectivity index (χ0) is 15.5. The van der Waals surface area contributed by atoms with E-state index in [9.17, 15) is 13.2 Å². The van der Waals surface area contributed by atoms with Gasteiger partial charge in [0.25, 0.3) is 5.91 Å². The number of carbonyl (C=O) groups is 1. The van der Waals surface area contributed by atoms with Gasteiger partial charge in [-0.25, -0.2) is 13.4 Å². The molecule has 2 aromatic rings. The Bertz CT molecular complexity index is 739. The monoisotopic (exact) mass is 325 g/mol. The molecule has 0 fully saturated rings. The molecule has 1 amide bonds. The lowest BCUT2D eigenvalue weighted by atomic mass is 10.2. The van der Waals surface area contributed by atoms with E-state index in [0.29, 0.717) is 17.1 Å². The lowest BCUT2D eigenvalue weighted by Gasteiger charge is -2.03. The summed E-state index contributed by atoms with van der Waals surface area (Å²) in [6, 6.07) is 9.52. The van der Waals surface area contributed by atoms with E-state index in [2.05, 4.69) is 15.0 Å². The van der Waals surface area contributed by atoms with Crippen LogP contribution in [0.2, 0.25) is 0 Å². The summed E-state index contributed by atoms with van der Waals surface area (Å²) in [4.78, 5) is 16.5. The van der Waals surface area contributed by atoms with Crippen LogP contribution in [-0.4, -0.2) is 25.6 Å². The highest BCUT2D eigenvalue weighted by Crippen LogP contribution is 2.23. The molecule has 1 aromatic heterocycles. The number of amides is 1. The van der Waals surface area contributed by atoms with Crippen LogP contribution in [0.3, 0.4) is 0 Å². The molecule has 6 nitrogen and oxygen atoms in total. The van der Waals surface area contributed by atoms with Gasteiger partial charge in [0, 0.05) is 6.54 Å². The quantitative estimate of drug-likeness (QED) is 0.876. The highest BCUT2D eigenvalue weighted by atomic mass is 32.2. The number of aryl methyl sites for hydroxylation is 1. The van der Waals surface area contributed by atoms with E-state index >= 15 is 0 Å². The van der Waals surface area contributed by atoms with E-state index in [1.807, 2.05) is 30.3 Å². The Morgan fingerprint density at radius 1 is 1.29 bits per heavy atom. The molecule has 0 unspecified atom stereocenters. The molecule has 0 aliphatic rings. The van der Waals surface area contributed by atoms with Crippen LogP contribution < -0.4 is 10.0 Å². The third-order valence-electron chi connectivity index (χ3n) is 2.57. The van der Waals surface area contributed by atoms with Crippen LogP contribution >= 0.6 is 11.3 Å². The maximum atomic E-state index is 12.1. The Morgan fingerprint density at radius 3 is 2.57 bits per heavy atom. The number of benzene rings is 1. The third-order valence-corrected chi connectivity index (χ3v) is 4.34. The van der Waals surface area contributed by atoms with Crippen molar-refractivity contribution < 1.29 is 13.2 Å². The first-order chi connectivity index (χ1) is 9.85. The van der Waals surface area contributed by atoms with Gasteiger partial charge >= 0.3 is 0 Å². The average Bonchev–Trinajstić information content (AvgIpc) is 2.76. The van der Waals surface area contributed by atoms with Crippen molar-refractivity contribution >= 4 is 32.4 Å². The fourth-order valence-corrected chi connectivity index (χ4v) is 3.39. The van der Waals surface area contributed by atoms with E-state index in [1.165, 1.54) is 0 Å². The Hall–Kier alpha value is -1.93. The second-order valence-corrected chi connectivity index (χ2v) is 7.22. The second-order valence-electron chi connectivity index (χ2n) is 4.48. The summed E-state index contributed by atoms with van der Waals surface area (Å²) in [5.41, 5.74) is 1.49. The Balaban J connectivity index is 2.06. The largest absolute Gasteiger partial charge is 0.347 e. The molecule has 8 heteroatoms. The summed E-state index contributed by atoms with van der Waals surface area (Å²) in [5, 5.41) is 2.98. The zero-order valence-electron chi connectivity index (χ0n) is 11.6. The van der Waals surface area contributed by atoms with Crippen molar-refractivity contribution in [3.8, 4) is 0 Å². The number of nitrogens with one attached hydrogen (secondary N) is 2. The molecule has 0 radical (unpaired) electrons. The highest BCUT2D eigenvalue weighted by molar-refractivity contribution is 7.92. The molecule has 0 atom stereocenters. The third kappa shape index (κ3) is 4.54. The smallest absolute Gasteiger partial charge is 0.263 e. The van der Waals surface area contributed by atoms with Gasteiger partial charge in [-0.3, -0.25) is 9.52 Å². The first-order valence-corrected chi connectivity index (χ1v) is 8.83. The Labute approximate surface area is 127 Å². The van der Waals surface area contributed by atoms with Crippen molar-refractivity contribution in [2.24, 2.45) is 0 Å². The van der Waals surface area contributed by atoms with Gasteiger partial charge in [0.2, 0.25) is 10.0 Å². The molecule has 0 spiro atoms. The molecular weight excluding hydrogens is 310 g/mol. The lowest BCUT2D eigenvalue weighted by molar-refractivity contribution is 0.0954. The maximum absolute atomic E-state index is 12.1.